The minimum atomic E-state index is 1.09. The Labute approximate surface area is 373 Å². The Hall–Kier alpha value is -8.46. The molecule has 0 radical (unpaired) electrons. The van der Waals surface area contributed by atoms with E-state index >= 15 is 0 Å². The molecule has 0 aliphatic heterocycles. The van der Waals surface area contributed by atoms with Crippen molar-refractivity contribution < 1.29 is 0 Å². The zero-order valence-electron chi connectivity index (χ0n) is 35.1. The minimum absolute atomic E-state index is 1.09. The molecule has 0 bridgehead atoms. The molecule has 0 saturated heterocycles. The first-order chi connectivity index (χ1) is 31.7. The monoisotopic (exact) mass is 814 g/mol. The Morgan fingerprint density at radius 2 is 0.672 bits per heavy atom. The van der Waals surface area contributed by atoms with Gasteiger partial charge in [-0.1, -0.05) is 194 Å². The van der Waals surface area contributed by atoms with Gasteiger partial charge < -0.3 is 9.47 Å². The summed E-state index contributed by atoms with van der Waals surface area (Å²) in [5, 5.41) is 7.59. The highest BCUT2D eigenvalue weighted by atomic mass is 15.1. The van der Waals surface area contributed by atoms with E-state index in [2.05, 4.69) is 264 Å². The molecule has 2 nitrogen and oxygen atoms in total. The summed E-state index contributed by atoms with van der Waals surface area (Å²) in [5.41, 5.74) is 16.5. The predicted molar refractivity (Wildman–Crippen MR) is 272 cm³/mol. The predicted octanol–water partition coefficient (Wildman–Crippen LogP) is 17.2. The van der Waals surface area contributed by atoms with E-state index < -0.39 is 0 Å². The van der Waals surface area contributed by atoms with Gasteiger partial charge in [0.2, 0.25) is 0 Å². The molecule has 0 aliphatic carbocycles. The number of anilines is 3. The molecule has 64 heavy (non-hydrogen) atoms. The lowest BCUT2D eigenvalue weighted by Crippen LogP contribution is -2.09. The van der Waals surface area contributed by atoms with Crippen LogP contribution in [0.5, 0.6) is 0 Å². The van der Waals surface area contributed by atoms with Crippen LogP contribution in [-0.2, 0) is 0 Å². The van der Waals surface area contributed by atoms with Crippen LogP contribution in [0.15, 0.2) is 255 Å². The van der Waals surface area contributed by atoms with E-state index in [9.17, 15) is 0 Å². The van der Waals surface area contributed by atoms with Crippen LogP contribution >= 0.6 is 0 Å². The van der Waals surface area contributed by atoms with E-state index in [1.165, 1.54) is 87.9 Å². The molecule has 0 atom stereocenters. The van der Waals surface area contributed by atoms with Gasteiger partial charge in [0.1, 0.15) is 0 Å². The summed E-state index contributed by atoms with van der Waals surface area (Å²) in [6.45, 7) is 0. The van der Waals surface area contributed by atoms with Gasteiger partial charge in [-0.25, -0.2) is 0 Å². The first-order valence-corrected chi connectivity index (χ1v) is 22.0. The van der Waals surface area contributed by atoms with E-state index in [0.717, 1.165) is 22.7 Å². The number of hydrogen-bond donors (Lipinski definition) is 0. The lowest BCUT2D eigenvalue weighted by molar-refractivity contribution is 1.18. The third kappa shape index (κ3) is 6.52. The fourth-order valence-electron chi connectivity index (χ4n) is 9.72. The first-order valence-electron chi connectivity index (χ1n) is 22.0. The van der Waals surface area contributed by atoms with E-state index in [0.29, 0.717) is 0 Å². The molecule has 0 N–H and O–H groups in total. The highest BCUT2D eigenvalue weighted by Gasteiger charge is 2.19. The van der Waals surface area contributed by atoms with E-state index in [4.69, 9.17) is 0 Å². The Morgan fingerprint density at radius 3 is 1.30 bits per heavy atom. The summed E-state index contributed by atoms with van der Waals surface area (Å²) in [6, 6.07) is 92.5. The molecule has 0 amide bonds. The van der Waals surface area contributed by atoms with Gasteiger partial charge in [-0.05, 0) is 127 Å². The zero-order valence-corrected chi connectivity index (χ0v) is 35.1. The van der Waals surface area contributed by atoms with Crippen molar-refractivity contribution >= 4 is 60.4 Å². The molecule has 1 aromatic heterocycles. The lowest BCUT2D eigenvalue weighted by atomic mass is 9.97. The van der Waals surface area contributed by atoms with Crippen LogP contribution in [0.2, 0.25) is 0 Å². The van der Waals surface area contributed by atoms with Gasteiger partial charge >= 0.3 is 0 Å². The van der Waals surface area contributed by atoms with Crippen LogP contribution in [0.1, 0.15) is 0 Å². The van der Waals surface area contributed by atoms with E-state index in [-0.39, 0.29) is 0 Å². The molecule has 0 spiro atoms. The van der Waals surface area contributed by atoms with Crippen LogP contribution in [0.3, 0.4) is 0 Å². The van der Waals surface area contributed by atoms with Gasteiger partial charge in [0.15, 0.2) is 0 Å². The summed E-state index contributed by atoms with van der Waals surface area (Å²) in [4.78, 5) is 2.35. The molecular weight excluding hydrogens is 773 g/mol. The molecule has 0 saturated carbocycles. The van der Waals surface area contributed by atoms with Crippen molar-refractivity contribution in [3.63, 3.8) is 0 Å². The van der Waals surface area contributed by atoms with E-state index in [1.807, 2.05) is 0 Å². The van der Waals surface area contributed by atoms with Crippen molar-refractivity contribution in [2.24, 2.45) is 0 Å². The number of nitrogens with zero attached hydrogens (tertiary/aromatic N) is 2. The van der Waals surface area contributed by atoms with Crippen LogP contribution in [0.4, 0.5) is 17.1 Å². The standard InChI is InChI=1S/C62H42N2/c1-3-13-43(14-4-1)44-25-34-51(35-26-44)63(53-40-31-50(32-41-53)56-22-11-19-47-17-7-9-20-55(47)56)52-36-27-45(28-37-52)46-29-38-54(39-30-46)64-59-24-12-23-58(48-15-5-2-6-16-48)61(59)62-57-21-10-8-18-49(57)33-42-60(62)64/h1-42H. The second-order valence-corrected chi connectivity index (χ2v) is 16.5. The fraction of sp³-hybridized carbons (Fsp3) is 0. The Bertz CT molecular complexity index is 3600. The van der Waals surface area contributed by atoms with Crippen molar-refractivity contribution in [1.82, 2.24) is 4.57 Å². The molecule has 2 heteroatoms. The first kappa shape index (κ1) is 37.3. The third-order valence-corrected chi connectivity index (χ3v) is 12.8. The van der Waals surface area contributed by atoms with Crippen LogP contribution in [-0.4, -0.2) is 4.57 Å². The fourth-order valence-corrected chi connectivity index (χ4v) is 9.72. The van der Waals surface area contributed by atoms with Gasteiger partial charge in [-0.3, -0.25) is 0 Å². The summed E-state index contributed by atoms with van der Waals surface area (Å²) < 4.78 is 2.43. The molecule has 300 valence electrons. The van der Waals surface area contributed by atoms with E-state index in [1.54, 1.807) is 0 Å². The number of fused-ring (bicyclic) bond motifs is 6. The van der Waals surface area contributed by atoms with Crippen molar-refractivity contribution in [2.75, 3.05) is 4.90 Å². The number of hydrogen-bond acceptors (Lipinski definition) is 1. The normalized spacial score (nSPS) is 11.4. The second kappa shape index (κ2) is 15.8. The molecule has 0 unspecified atom stereocenters. The zero-order chi connectivity index (χ0) is 42.4. The van der Waals surface area contributed by atoms with Gasteiger partial charge in [0.05, 0.1) is 11.0 Å². The average molecular weight is 815 g/mol. The van der Waals surface area contributed by atoms with Crippen molar-refractivity contribution in [3.8, 4) is 50.2 Å². The highest BCUT2D eigenvalue weighted by molar-refractivity contribution is 6.25. The maximum atomic E-state index is 2.43. The summed E-state index contributed by atoms with van der Waals surface area (Å²) >= 11 is 0. The lowest BCUT2D eigenvalue weighted by Gasteiger charge is -2.26. The quantitative estimate of drug-likeness (QED) is 0.148. The summed E-state index contributed by atoms with van der Waals surface area (Å²) in [5.74, 6) is 0. The molecule has 12 rings (SSSR count). The Morgan fingerprint density at radius 1 is 0.250 bits per heavy atom. The smallest absolute Gasteiger partial charge is 0.0547 e. The van der Waals surface area contributed by atoms with Crippen molar-refractivity contribution in [1.29, 1.82) is 0 Å². The molecule has 0 aliphatic rings. The average Bonchev–Trinajstić information content (AvgIpc) is 3.73. The largest absolute Gasteiger partial charge is 0.311 e. The maximum absolute atomic E-state index is 2.43. The summed E-state index contributed by atoms with van der Waals surface area (Å²) in [7, 11) is 0. The van der Waals surface area contributed by atoms with Crippen LogP contribution in [0.25, 0.3) is 93.5 Å². The molecule has 12 aromatic rings. The topological polar surface area (TPSA) is 8.17 Å². The van der Waals surface area contributed by atoms with Crippen LogP contribution in [0, 0.1) is 0 Å². The molecule has 1 heterocycles. The number of rotatable bonds is 8. The van der Waals surface area contributed by atoms with Gasteiger partial charge in [-0.15, -0.1) is 0 Å². The molecule has 0 fully saturated rings. The van der Waals surface area contributed by atoms with Crippen molar-refractivity contribution in [2.45, 2.75) is 0 Å². The SMILES string of the molecule is c1ccc(-c2ccc(N(c3ccc(-c4ccc(-n5c6cccc(-c7ccccc7)c6c6c7ccccc7ccc65)cc4)cc3)c3ccc(-c4cccc5ccccc45)cc3)cc2)cc1. The maximum Gasteiger partial charge on any atom is 0.0547 e. The Balaban J connectivity index is 0.913. The summed E-state index contributed by atoms with van der Waals surface area (Å²) in [6.07, 6.45) is 0. The van der Waals surface area contributed by atoms with Gasteiger partial charge in [0, 0.05) is 33.5 Å². The third-order valence-electron chi connectivity index (χ3n) is 12.8. The highest BCUT2D eigenvalue weighted by Crippen LogP contribution is 2.43. The number of aromatic nitrogens is 1. The molecular formula is C62H42N2. The van der Waals surface area contributed by atoms with Crippen LogP contribution < -0.4 is 4.90 Å². The number of benzene rings is 11. The molecule has 11 aromatic carbocycles. The van der Waals surface area contributed by atoms with Gasteiger partial charge in [0.25, 0.3) is 0 Å². The second-order valence-electron chi connectivity index (χ2n) is 16.5. The Kier molecular flexibility index (Phi) is 9.20. The van der Waals surface area contributed by atoms with Gasteiger partial charge in [-0.2, -0.15) is 0 Å². The van der Waals surface area contributed by atoms with Crippen molar-refractivity contribution in [3.05, 3.63) is 255 Å². The minimum Gasteiger partial charge on any atom is -0.311 e.